The quantitative estimate of drug-likeness (QED) is 0.506. The largest absolute Gasteiger partial charge is 0.444 e. The van der Waals surface area contributed by atoms with Crippen LogP contribution in [-0.4, -0.2) is 39.9 Å². The summed E-state index contributed by atoms with van der Waals surface area (Å²) >= 11 is 0. The molecule has 3 rings (SSSR count). The Hall–Kier alpha value is -3.63. The molecule has 2 N–H and O–H groups in total. The fourth-order valence-corrected chi connectivity index (χ4v) is 4.11. The molecule has 2 heterocycles. The van der Waals surface area contributed by atoms with E-state index in [1.54, 1.807) is 33.8 Å². The molecule has 0 saturated carbocycles. The molecule has 1 aromatic heterocycles. The van der Waals surface area contributed by atoms with Crippen LogP contribution in [0.2, 0.25) is 0 Å². The van der Waals surface area contributed by atoms with Gasteiger partial charge in [0.1, 0.15) is 11.4 Å². The monoisotopic (exact) mass is 520 g/mol. The van der Waals surface area contributed by atoms with Crippen molar-refractivity contribution >= 4 is 29.4 Å². The van der Waals surface area contributed by atoms with Crippen LogP contribution in [0.15, 0.2) is 36.5 Å². The highest BCUT2D eigenvalue weighted by Gasteiger charge is 2.35. The molecule has 2 unspecified atom stereocenters. The van der Waals surface area contributed by atoms with Gasteiger partial charge in [0.25, 0.3) is 0 Å². The minimum absolute atomic E-state index is 0.129. The zero-order valence-electron chi connectivity index (χ0n) is 21.4. The van der Waals surface area contributed by atoms with E-state index < -0.39 is 41.3 Å². The van der Waals surface area contributed by atoms with Gasteiger partial charge in [0.05, 0.1) is 23.5 Å². The predicted octanol–water partition coefficient (Wildman–Crippen LogP) is 5.69. The number of benzene rings is 1. The van der Waals surface area contributed by atoms with E-state index in [4.69, 9.17) is 4.74 Å². The van der Waals surface area contributed by atoms with Gasteiger partial charge in [0.2, 0.25) is 0 Å². The van der Waals surface area contributed by atoms with Crippen LogP contribution in [0, 0.1) is 12.8 Å². The number of anilines is 2. The number of likely N-dealkylation sites (tertiary alicyclic amines) is 1. The average Bonchev–Trinajstić information content (AvgIpc) is 2.78. The molecular formula is C26H31F3N4O4. The standard InChI is InChI=1S/C26H31F3N4O4/c1-15-6-11-20(17-7-9-18(10-8-17)26(27,28)29)33(14-15)23(35)22(34)31-19-12-16(2)21(30-13-19)32-24(36)37-25(3,4)5/h7-10,12-13,15,20H,6,11,14H2,1-5H3,(H,31,34)(H,30,32,36). The first kappa shape index (κ1) is 27.9. The van der Waals surface area contributed by atoms with Crippen molar-refractivity contribution in [3.63, 3.8) is 0 Å². The van der Waals surface area contributed by atoms with Crippen molar-refractivity contribution in [1.29, 1.82) is 0 Å². The van der Waals surface area contributed by atoms with Gasteiger partial charge in [-0.15, -0.1) is 0 Å². The number of carbonyl (C=O) groups is 3. The lowest BCUT2D eigenvalue weighted by atomic mass is 9.89. The zero-order valence-corrected chi connectivity index (χ0v) is 21.4. The van der Waals surface area contributed by atoms with Crippen molar-refractivity contribution in [3.8, 4) is 0 Å². The number of piperidine rings is 1. The lowest BCUT2D eigenvalue weighted by molar-refractivity contribution is -0.146. The Bertz CT molecular complexity index is 1160. The number of nitrogens with zero attached hydrogens (tertiary/aromatic N) is 2. The Balaban J connectivity index is 1.72. The molecule has 200 valence electrons. The van der Waals surface area contributed by atoms with E-state index in [0.717, 1.165) is 18.6 Å². The Morgan fingerprint density at radius 1 is 1.05 bits per heavy atom. The summed E-state index contributed by atoms with van der Waals surface area (Å²) in [6.07, 6.45) is -2.54. The van der Waals surface area contributed by atoms with Crippen molar-refractivity contribution in [1.82, 2.24) is 9.88 Å². The van der Waals surface area contributed by atoms with Crippen LogP contribution in [0.5, 0.6) is 0 Å². The lowest BCUT2D eigenvalue weighted by Crippen LogP contribution is -2.46. The summed E-state index contributed by atoms with van der Waals surface area (Å²) in [6.45, 7) is 9.11. The Kier molecular flexibility index (Phi) is 8.14. The number of alkyl halides is 3. The Morgan fingerprint density at radius 3 is 2.27 bits per heavy atom. The van der Waals surface area contributed by atoms with Crippen LogP contribution < -0.4 is 10.6 Å². The fraction of sp³-hybridized carbons (Fsp3) is 0.462. The second-order valence-electron chi connectivity index (χ2n) is 10.2. The first-order valence-electron chi connectivity index (χ1n) is 11.9. The number of pyridine rings is 1. The van der Waals surface area contributed by atoms with Crippen molar-refractivity contribution in [2.45, 2.75) is 65.3 Å². The second kappa shape index (κ2) is 10.8. The molecule has 1 saturated heterocycles. The van der Waals surface area contributed by atoms with Gasteiger partial charge in [0.15, 0.2) is 0 Å². The molecule has 0 bridgehead atoms. The van der Waals surface area contributed by atoms with Crippen LogP contribution in [0.4, 0.5) is 29.5 Å². The van der Waals surface area contributed by atoms with Crippen molar-refractivity contribution < 1.29 is 32.3 Å². The maximum atomic E-state index is 13.1. The molecule has 1 aliphatic rings. The molecule has 11 heteroatoms. The SMILES string of the molecule is Cc1cc(NC(=O)C(=O)N2CC(C)CCC2c2ccc(C(F)(F)F)cc2)cnc1NC(=O)OC(C)(C)C. The smallest absolute Gasteiger partial charge is 0.416 e. The zero-order chi connectivity index (χ0) is 27.5. The van der Waals surface area contributed by atoms with E-state index in [2.05, 4.69) is 15.6 Å². The summed E-state index contributed by atoms with van der Waals surface area (Å²) in [5.74, 6) is -1.31. The van der Waals surface area contributed by atoms with Crippen LogP contribution in [-0.2, 0) is 20.5 Å². The van der Waals surface area contributed by atoms with E-state index in [-0.39, 0.29) is 17.4 Å². The molecule has 37 heavy (non-hydrogen) atoms. The van der Waals surface area contributed by atoms with Crippen LogP contribution in [0.25, 0.3) is 0 Å². The molecule has 2 aromatic rings. The molecule has 3 amide bonds. The summed E-state index contributed by atoms with van der Waals surface area (Å²) < 4.78 is 44.1. The number of hydrogen-bond acceptors (Lipinski definition) is 5. The van der Waals surface area contributed by atoms with Crippen LogP contribution >= 0.6 is 0 Å². The highest BCUT2D eigenvalue weighted by molar-refractivity contribution is 6.39. The molecule has 0 radical (unpaired) electrons. The van der Waals surface area contributed by atoms with Crippen LogP contribution in [0.1, 0.15) is 63.3 Å². The van der Waals surface area contributed by atoms with Crippen molar-refractivity contribution in [2.75, 3.05) is 17.2 Å². The fourth-order valence-electron chi connectivity index (χ4n) is 4.11. The number of aryl methyl sites for hydroxylation is 1. The molecule has 0 spiro atoms. The first-order chi connectivity index (χ1) is 17.1. The third kappa shape index (κ3) is 7.43. The van der Waals surface area contributed by atoms with Gasteiger partial charge in [-0.25, -0.2) is 9.78 Å². The van der Waals surface area contributed by atoms with E-state index in [0.29, 0.717) is 24.1 Å². The summed E-state index contributed by atoms with van der Waals surface area (Å²) in [4.78, 5) is 43.5. The summed E-state index contributed by atoms with van der Waals surface area (Å²) in [6, 6.07) is 5.71. The number of ether oxygens (including phenoxy) is 1. The normalized spacial score (nSPS) is 18.2. The number of amides is 3. The predicted molar refractivity (Wildman–Crippen MR) is 132 cm³/mol. The van der Waals surface area contributed by atoms with Gasteiger partial charge < -0.3 is 15.0 Å². The van der Waals surface area contributed by atoms with Gasteiger partial charge in [-0.2, -0.15) is 13.2 Å². The van der Waals surface area contributed by atoms with Gasteiger partial charge >= 0.3 is 24.1 Å². The number of nitrogens with one attached hydrogen (secondary N) is 2. The van der Waals surface area contributed by atoms with Crippen molar-refractivity contribution in [2.24, 2.45) is 5.92 Å². The van der Waals surface area contributed by atoms with E-state index in [9.17, 15) is 27.6 Å². The maximum absolute atomic E-state index is 13.1. The van der Waals surface area contributed by atoms with Gasteiger partial charge in [-0.3, -0.25) is 14.9 Å². The number of aromatic nitrogens is 1. The minimum atomic E-state index is -4.46. The average molecular weight is 521 g/mol. The number of rotatable bonds is 3. The van der Waals surface area contributed by atoms with E-state index in [1.165, 1.54) is 23.2 Å². The second-order valence-corrected chi connectivity index (χ2v) is 10.2. The summed E-state index contributed by atoms with van der Waals surface area (Å²) in [5, 5.41) is 5.06. The maximum Gasteiger partial charge on any atom is 0.416 e. The Labute approximate surface area is 213 Å². The van der Waals surface area contributed by atoms with Gasteiger partial charge in [0, 0.05) is 6.54 Å². The summed E-state index contributed by atoms with van der Waals surface area (Å²) in [5.41, 5.74) is -0.136. The van der Waals surface area contributed by atoms with Gasteiger partial charge in [-0.05, 0) is 75.8 Å². The molecular weight excluding hydrogens is 489 g/mol. The third-order valence-corrected chi connectivity index (χ3v) is 5.85. The topological polar surface area (TPSA) is 101 Å². The molecule has 1 fully saturated rings. The number of carbonyl (C=O) groups excluding carboxylic acids is 3. The molecule has 2 atom stereocenters. The minimum Gasteiger partial charge on any atom is -0.444 e. The molecule has 1 aliphatic heterocycles. The van der Waals surface area contributed by atoms with E-state index >= 15 is 0 Å². The highest BCUT2D eigenvalue weighted by Crippen LogP contribution is 2.36. The molecule has 1 aromatic carbocycles. The lowest BCUT2D eigenvalue weighted by Gasteiger charge is -2.38. The van der Waals surface area contributed by atoms with Gasteiger partial charge in [-0.1, -0.05) is 19.1 Å². The number of halogens is 3. The van der Waals surface area contributed by atoms with Crippen molar-refractivity contribution in [3.05, 3.63) is 53.2 Å². The number of hydrogen-bond donors (Lipinski definition) is 2. The Morgan fingerprint density at radius 2 is 1.70 bits per heavy atom. The third-order valence-electron chi connectivity index (χ3n) is 5.85. The first-order valence-corrected chi connectivity index (χ1v) is 11.9. The summed E-state index contributed by atoms with van der Waals surface area (Å²) in [7, 11) is 0. The van der Waals surface area contributed by atoms with E-state index in [1.807, 2.05) is 6.92 Å². The highest BCUT2D eigenvalue weighted by atomic mass is 19.4. The molecule has 8 nitrogen and oxygen atoms in total. The molecule has 0 aliphatic carbocycles. The van der Waals surface area contributed by atoms with Crippen LogP contribution in [0.3, 0.4) is 0 Å².